The Morgan fingerprint density at radius 2 is 1.76 bits per heavy atom. The van der Waals surface area contributed by atoms with E-state index in [1.807, 2.05) is 24.3 Å². The molecule has 1 amide bonds. The highest BCUT2D eigenvalue weighted by atomic mass is 16.5. The number of nitrogens with one attached hydrogen (secondary N) is 1. The Hall–Kier alpha value is -2.99. The third kappa shape index (κ3) is 4.74. The van der Waals surface area contributed by atoms with Crippen molar-refractivity contribution in [3.8, 4) is 17.2 Å². The van der Waals surface area contributed by atoms with Crippen LogP contribution in [0.5, 0.6) is 17.2 Å². The molecule has 0 bridgehead atoms. The molecule has 0 heterocycles. The minimum Gasteiger partial charge on any atom is -0.493 e. The van der Waals surface area contributed by atoms with Crippen molar-refractivity contribution in [2.24, 2.45) is 0 Å². The molecular formula is C19H21NO5. The van der Waals surface area contributed by atoms with Gasteiger partial charge in [0, 0.05) is 23.9 Å². The first kappa shape index (κ1) is 18.4. The molecular weight excluding hydrogens is 322 g/mol. The Morgan fingerprint density at radius 3 is 2.32 bits per heavy atom. The SMILES string of the molecule is COc1cc(NC(=O)/C=C/c2cccc(CO)c2)cc(OC)c1OC. The Bertz CT molecular complexity index is 745. The van der Waals surface area contributed by atoms with Gasteiger partial charge < -0.3 is 24.6 Å². The lowest BCUT2D eigenvalue weighted by atomic mass is 10.1. The van der Waals surface area contributed by atoms with Crippen LogP contribution in [0.15, 0.2) is 42.5 Å². The zero-order chi connectivity index (χ0) is 18.2. The van der Waals surface area contributed by atoms with Gasteiger partial charge in [-0.25, -0.2) is 0 Å². The van der Waals surface area contributed by atoms with E-state index in [0.29, 0.717) is 22.9 Å². The number of methoxy groups -OCH3 is 3. The maximum atomic E-state index is 12.1. The highest BCUT2D eigenvalue weighted by molar-refractivity contribution is 6.02. The van der Waals surface area contributed by atoms with E-state index in [1.54, 1.807) is 18.2 Å². The molecule has 0 saturated heterocycles. The van der Waals surface area contributed by atoms with Crippen LogP contribution >= 0.6 is 0 Å². The van der Waals surface area contributed by atoms with Crippen molar-refractivity contribution in [3.05, 3.63) is 53.6 Å². The van der Waals surface area contributed by atoms with Crippen molar-refractivity contribution >= 4 is 17.7 Å². The Morgan fingerprint density at radius 1 is 1.08 bits per heavy atom. The first-order chi connectivity index (χ1) is 12.1. The summed E-state index contributed by atoms with van der Waals surface area (Å²) in [7, 11) is 4.54. The van der Waals surface area contributed by atoms with Crippen LogP contribution in [0.25, 0.3) is 6.08 Å². The lowest BCUT2D eigenvalue weighted by Crippen LogP contribution is -2.08. The van der Waals surface area contributed by atoms with E-state index in [4.69, 9.17) is 19.3 Å². The number of benzene rings is 2. The van der Waals surface area contributed by atoms with E-state index in [1.165, 1.54) is 27.4 Å². The predicted octanol–water partition coefficient (Wildman–Crippen LogP) is 2.86. The Labute approximate surface area is 146 Å². The highest BCUT2D eigenvalue weighted by Gasteiger charge is 2.13. The van der Waals surface area contributed by atoms with Crippen LogP contribution in [0.3, 0.4) is 0 Å². The summed E-state index contributed by atoms with van der Waals surface area (Å²) in [5.41, 5.74) is 2.13. The summed E-state index contributed by atoms with van der Waals surface area (Å²) in [5.74, 6) is 1.07. The van der Waals surface area contributed by atoms with Crippen LogP contribution in [0, 0.1) is 0 Å². The topological polar surface area (TPSA) is 77.0 Å². The van der Waals surface area contributed by atoms with Gasteiger partial charge in [-0.15, -0.1) is 0 Å². The number of hydrogen-bond acceptors (Lipinski definition) is 5. The lowest BCUT2D eigenvalue weighted by molar-refractivity contribution is -0.111. The maximum Gasteiger partial charge on any atom is 0.248 e. The van der Waals surface area contributed by atoms with Crippen LogP contribution in [-0.4, -0.2) is 32.3 Å². The summed E-state index contributed by atoms with van der Waals surface area (Å²) >= 11 is 0. The summed E-state index contributed by atoms with van der Waals surface area (Å²) in [6.45, 7) is -0.0423. The van der Waals surface area contributed by atoms with Gasteiger partial charge in [-0.3, -0.25) is 4.79 Å². The molecule has 0 aliphatic carbocycles. The summed E-state index contributed by atoms with van der Waals surface area (Å²) in [6, 6.07) is 10.6. The van der Waals surface area contributed by atoms with E-state index in [9.17, 15) is 4.79 Å². The zero-order valence-corrected chi connectivity index (χ0v) is 14.4. The van der Waals surface area contributed by atoms with Gasteiger partial charge in [0.15, 0.2) is 11.5 Å². The van der Waals surface area contributed by atoms with Gasteiger partial charge in [0.1, 0.15) is 0 Å². The van der Waals surface area contributed by atoms with Crippen LogP contribution in [0.1, 0.15) is 11.1 Å². The van der Waals surface area contributed by atoms with Crippen molar-refractivity contribution in [3.63, 3.8) is 0 Å². The minimum atomic E-state index is -0.302. The third-order valence-corrected chi connectivity index (χ3v) is 3.49. The van der Waals surface area contributed by atoms with Crippen LogP contribution in [0.2, 0.25) is 0 Å². The number of carbonyl (C=O) groups excluding carboxylic acids is 1. The fourth-order valence-electron chi connectivity index (χ4n) is 2.30. The molecule has 0 unspecified atom stereocenters. The first-order valence-electron chi connectivity index (χ1n) is 7.60. The number of carbonyl (C=O) groups is 1. The standard InChI is InChI=1S/C19H21NO5/c1-23-16-10-15(11-17(24-2)19(16)25-3)20-18(22)8-7-13-5-4-6-14(9-13)12-21/h4-11,21H,12H2,1-3H3,(H,20,22)/b8-7+. The van der Waals surface area contributed by atoms with E-state index in [0.717, 1.165) is 11.1 Å². The van der Waals surface area contributed by atoms with Gasteiger partial charge in [0.2, 0.25) is 11.7 Å². The van der Waals surface area contributed by atoms with Gasteiger partial charge in [-0.05, 0) is 23.3 Å². The molecule has 2 rings (SSSR count). The van der Waals surface area contributed by atoms with Crippen LogP contribution in [-0.2, 0) is 11.4 Å². The van der Waals surface area contributed by atoms with Crippen molar-refractivity contribution < 1.29 is 24.1 Å². The number of aliphatic hydroxyl groups is 1. The molecule has 6 heteroatoms. The number of rotatable bonds is 7. The summed E-state index contributed by atoms with van der Waals surface area (Å²) in [6.07, 6.45) is 3.09. The molecule has 132 valence electrons. The molecule has 2 aromatic rings. The molecule has 0 radical (unpaired) electrons. The first-order valence-corrected chi connectivity index (χ1v) is 7.60. The molecule has 2 N–H and O–H groups in total. The van der Waals surface area contributed by atoms with Gasteiger partial charge in [0.05, 0.1) is 27.9 Å². The number of hydrogen-bond donors (Lipinski definition) is 2. The van der Waals surface area contributed by atoms with Gasteiger partial charge in [-0.2, -0.15) is 0 Å². The average Bonchev–Trinajstić information content (AvgIpc) is 2.65. The van der Waals surface area contributed by atoms with Gasteiger partial charge in [0.25, 0.3) is 0 Å². The molecule has 0 aromatic heterocycles. The van der Waals surface area contributed by atoms with Gasteiger partial charge >= 0.3 is 0 Å². The number of ether oxygens (including phenoxy) is 3. The molecule has 6 nitrogen and oxygen atoms in total. The van der Waals surface area contributed by atoms with Crippen molar-refractivity contribution in [2.45, 2.75) is 6.61 Å². The Balaban J connectivity index is 2.15. The van der Waals surface area contributed by atoms with E-state index >= 15 is 0 Å². The van der Waals surface area contributed by atoms with Crippen molar-refractivity contribution in [1.82, 2.24) is 0 Å². The second kappa shape index (κ2) is 8.75. The molecule has 0 aliphatic heterocycles. The summed E-state index contributed by atoms with van der Waals surface area (Å²) in [5, 5.41) is 11.9. The quantitative estimate of drug-likeness (QED) is 0.756. The van der Waals surface area contributed by atoms with Crippen molar-refractivity contribution in [2.75, 3.05) is 26.6 Å². The summed E-state index contributed by atoms with van der Waals surface area (Å²) < 4.78 is 15.8. The Kier molecular flexibility index (Phi) is 6.42. The molecule has 2 aromatic carbocycles. The van der Waals surface area contributed by atoms with E-state index in [2.05, 4.69) is 5.32 Å². The fourth-order valence-corrected chi connectivity index (χ4v) is 2.30. The molecule has 0 fully saturated rings. The molecule has 0 saturated carbocycles. The number of anilines is 1. The van der Waals surface area contributed by atoms with E-state index < -0.39 is 0 Å². The van der Waals surface area contributed by atoms with Crippen LogP contribution < -0.4 is 19.5 Å². The molecule has 25 heavy (non-hydrogen) atoms. The monoisotopic (exact) mass is 343 g/mol. The number of amides is 1. The van der Waals surface area contributed by atoms with Gasteiger partial charge in [-0.1, -0.05) is 18.2 Å². The van der Waals surface area contributed by atoms with E-state index in [-0.39, 0.29) is 12.5 Å². The lowest BCUT2D eigenvalue weighted by Gasteiger charge is -2.14. The molecule has 0 spiro atoms. The largest absolute Gasteiger partial charge is 0.493 e. The second-order valence-electron chi connectivity index (χ2n) is 5.14. The average molecular weight is 343 g/mol. The summed E-state index contributed by atoms with van der Waals surface area (Å²) in [4.78, 5) is 12.1. The second-order valence-corrected chi connectivity index (χ2v) is 5.14. The zero-order valence-electron chi connectivity index (χ0n) is 14.4. The highest BCUT2D eigenvalue weighted by Crippen LogP contribution is 2.39. The van der Waals surface area contributed by atoms with Crippen molar-refractivity contribution in [1.29, 1.82) is 0 Å². The fraction of sp³-hybridized carbons (Fsp3) is 0.211. The third-order valence-electron chi connectivity index (χ3n) is 3.49. The maximum absolute atomic E-state index is 12.1. The molecule has 0 aliphatic rings. The minimum absolute atomic E-state index is 0.0423. The number of aliphatic hydroxyl groups excluding tert-OH is 1. The smallest absolute Gasteiger partial charge is 0.248 e. The molecule has 0 atom stereocenters. The normalized spacial score (nSPS) is 10.6. The van der Waals surface area contributed by atoms with Crippen LogP contribution in [0.4, 0.5) is 5.69 Å². The predicted molar refractivity (Wildman–Crippen MR) is 96.1 cm³/mol.